The van der Waals surface area contributed by atoms with Crippen LogP contribution in [0.2, 0.25) is 0 Å². The molecule has 3 aromatic rings. The molecule has 0 unspecified atom stereocenters. The number of aromatic amines is 1. The van der Waals surface area contributed by atoms with E-state index in [-0.39, 0.29) is 23.7 Å². The number of aromatic nitrogens is 2. The number of hydrogen-bond acceptors (Lipinski definition) is 3. The largest absolute Gasteiger partial charge is 0.484 e. The van der Waals surface area contributed by atoms with Crippen molar-refractivity contribution in [3.05, 3.63) is 59.8 Å². The monoisotopic (exact) mass is 353 g/mol. The fourth-order valence-corrected chi connectivity index (χ4v) is 2.84. The maximum atomic E-state index is 14.3. The van der Waals surface area contributed by atoms with Crippen LogP contribution in [0.1, 0.15) is 31.2 Å². The number of rotatable bonds is 6. The molecule has 0 radical (unpaired) electrons. The predicted molar refractivity (Wildman–Crippen MR) is 96.0 cm³/mol. The molecule has 6 heteroatoms. The number of nitrogens with zero attached hydrogens (tertiary/aromatic N) is 1. The Morgan fingerprint density at radius 3 is 2.92 bits per heavy atom. The molecule has 5 nitrogen and oxygen atoms in total. The Labute approximate surface area is 150 Å². The van der Waals surface area contributed by atoms with Crippen molar-refractivity contribution in [2.24, 2.45) is 5.41 Å². The third kappa shape index (κ3) is 3.40. The third-order valence-electron chi connectivity index (χ3n) is 4.82. The van der Waals surface area contributed by atoms with Crippen molar-refractivity contribution in [1.29, 1.82) is 0 Å². The molecule has 1 amide bonds. The van der Waals surface area contributed by atoms with Gasteiger partial charge in [-0.3, -0.25) is 9.78 Å². The van der Waals surface area contributed by atoms with E-state index in [1.165, 1.54) is 6.07 Å². The van der Waals surface area contributed by atoms with Crippen LogP contribution in [0.25, 0.3) is 10.9 Å². The first-order chi connectivity index (χ1) is 12.5. The number of H-pyrrole nitrogens is 1. The summed E-state index contributed by atoms with van der Waals surface area (Å²) < 4.78 is 19.8. The Kier molecular flexibility index (Phi) is 4.11. The summed E-state index contributed by atoms with van der Waals surface area (Å²) in [5.41, 5.74) is 2.13. The van der Waals surface area contributed by atoms with Gasteiger partial charge >= 0.3 is 0 Å². The Morgan fingerprint density at radius 2 is 2.19 bits per heavy atom. The molecular formula is C20H20FN3O2. The quantitative estimate of drug-likeness (QED) is 0.710. The molecular weight excluding hydrogens is 333 g/mol. The number of ether oxygens (including phenoxy) is 1. The van der Waals surface area contributed by atoms with Crippen LogP contribution in [0.5, 0.6) is 5.75 Å². The van der Waals surface area contributed by atoms with E-state index in [4.69, 9.17) is 4.74 Å². The molecule has 0 bridgehead atoms. The minimum Gasteiger partial charge on any atom is -0.484 e. The zero-order valence-corrected chi connectivity index (χ0v) is 14.5. The lowest BCUT2D eigenvalue weighted by atomic mass is 10.1. The summed E-state index contributed by atoms with van der Waals surface area (Å²) in [5, 5.41) is 3.68. The van der Waals surface area contributed by atoms with Crippen LogP contribution < -0.4 is 10.1 Å². The number of benzene rings is 1. The van der Waals surface area contributed by atoms with E-state index in [0.717, 1.165) is 35.1 Å². The summed E-state index contributed by atoms with van der Waals surface area (Å²) >= 11 is 0. The summed E-state index contributed by atoms with van der Waals surface area (Å²) in [6.07, 6.45) is 3.55. The molecule has 1 fully saturated rings. The van der Waals surface area contributed by atoms with Crippen molar-refractivity contribution in [1.82, 2.24) is 15.3 Å². The normalized spacial score (nSPS) is 15.0. The van der Waals surface area contributed by atoms with Crippen molar-refractivity contribution in [2.75, 3.05) is 0 Å². The minimum absolute atomic E-state index is 0.0710. The molecule has 4 rings (SSSR count). The molecule has 0 atom stereocenters. The van der Waals surface area contributed by atoms with Crippen molar-refractivity contribution < 1.29 is 13.9 Å². The van der Waals surface area contributed by atoms with E-state index in [0.29, 0.717) is 6.54 Å². The molecule has 0 spiro atoms. The first-order valence-electron chi connectivity index (χ1n) is 8.66. The van der Waals surface area contributed by atoms with E-state index in [9.17, 15) is 9.18 Å². The second kappa shape index (κ2) is 6.44. The highest BCUT2D eigenvalue weighted by Gasteiger charge is 2.44. The maximum absolute atomic E-state index is 14.3. The Bertz CT molecular complexity index is 948. The predicted octanol–water partition coefficient (Wildman–Crippen LogP) is 3.70. The minimum atomic E-state index is -0.423. The van der Waals surface area contributed by atoms with Gasteiger partial charge in [0, 0.05) is 34.3 Å². The fourth-order valence-electron chi connectivity index (χ4n) is 2.84. The highest BCUT2D eigenvalue weighted by atomic mass is 19.1. The number of pyridine rings is 1. The standard InChI is InChI=1S/C20H20FN3O2/c1-20(5-6-20)19(25)23-11-15-8-13-9-16(21)18(10-17(13)24-15)26-12-14-4-2-3-7-22-14/h2-4,7-10,24H,5-6,11-12H2,1H3,(H,23,25). The second-order valence-electron chi connectivity index (χ2n) is 7.02. The van der Waals surface area contributed by atoms with E-state index < -0.39 is 5.82 Å². The molecule has 2 aromatic heterocycles. The van der Waals surface area contributed by atoms with Crippen LogP contribution >= 0.6 is 0 Å². The van der Waals surface area contributed by atoms with Gasteiger partial charge in [-0.15, -0.1) is 0 Å². The molecule has 0 aliphatic heterocycles. The Hall–Kier alpha value is -2.89. The van der Waals surface area contributed by atoms with Gasteiger partial charge in [-0.1, -0.05) is 13.0 Å². The molecule has 1 aromatic carbocycles. The van der Waals surface area contributed by atoms with Gasteiger partial charge in [-0.2, -0.15) is 0 Å². The van der Waals surface area contributed by atoms with Crippen LogP contribution in [0.15, 0.2) is 42.6 Å². The topological polar surface area (TPSA) is 67.0 Å². The van der Waals surface area contributed by atoms with Crippen molar-refractivity contribution >= 4 is 16.8 Å². The van der Waals surface area contributed by atoms with E-state index in [1.54, 1.807) is 12.3 Å². The van der Waals surface area contributed by atoms with Gasteiger partial charge in [0.05, 0.1) is 12.2 Å². The fraction of sp³-hybridized carbons (Fsp3) is 0.300. The first-order valence-corrected chi connectivity index (χ1v) is 8.66. The van der Waals surface area contributed by atoms with Crippen LogP contribution in [0.3, 0.4) is 0 Å². The molecule has 1 saturated carbocycles. The van der Waals surface area contributed by atoms with Gasteiger partial charge in [0.15, 0.2) is 11.6 Å². The summed E-state index contributed by atoms with van der Waals surface area (Å²) in [7, 11) is 0. The number of halogens is 1. The van der Waals surface area contributed by atoms with Crippen LogP contribution in [0.4, 0.5) is 4.39 Å². The molecule has 2 heterocycles. The highest BCUT2D eigenvalue weighted by molar-refractivity contribution is 5.85. The number of nitrogens with one attached hydrogen (secondary N) is 2. The van der Waals surface area contributed by atoms with Gasteiger partial charge in [-0.25, -0.2) is 4.39 Å². The molecule has 2 N–H and O–H groups in total. The SMILES string of the molecule is CC1(C(=O)NCc2cc3cc(F)c(OCc4ccccn4)cc3[nH]2)CC1. The van der Waals surface area contributed by atoms with Crippen molar-refractivity contribution in [3.8, 4) is 5.75 Å². The summed E-state index contributed by atoms with van der Waals surface area (Å²) in [4.78, 5) is 19.4. The third-order valence-corrected chi connectivity index (χ3v) is 4.82. The lowest BCUT2D eigenvalue weighted by molar-refractivity contribution is -0.125. The molecule has 1 aliphatic carbocycles. The van der Waals surface area contributed by atoms with Gasteiger partial charge < -0.3 is 15.0 Å². The van der Waals surface area contributed by atoms with E-state index in [1.807, 2.05) is 31.2 Å². The van der Waals surface area contributed by atoms with Crippen LogP contribution in [-0.4, -0.2) is 15.9 Å². The summed E-state index contributed by atoms with van der Waals surface area (Å²) in [6.45, 7) is 2.56. The average molecular weight is 353 g/mol. The smallest absolute Gasteiger partial charge is 0.226 e. The van der Waals surface area contributed by atoms with Gasteiger partial charge in [-0.05, 0) is 37.1 Å². The van der Waals surface area contributed by atoms with Crippen molar-refractivity contribution in [2.45, 2.75) is 32.9 Å². The number of carbonyl (C=O) groups is 1. The van der Waals surface area contributed by atoms with Crippen molar-refractivity contribution in [3.63, 3.8) is 0 Å². The van der Waals surface area contributed by atoms with E-state index >= 15 is 0 Å². The lowest BCUT2D eigenvalue weighted by Crippen LogP contribution is -2.29. The number of fused-ring (bicyclic) bond motifs is 1. The van der Waals surface area contributed by atoms with E-state index in [2.05, 4.69) is 15.3 Å². The van der Waals surface area contributed by atoms with Gasteiger partial charge in [0.25, 0.3) is 0 Å². The Balaban J connectivity index is 1.46. The number of hydrogen-bond donors (Lipinski definition) is 2. The molecule has 1 aliphatic rings. The lowest BCUT2D eigenvalue weighted by Gasteiger charge is -2.08. The van der Waals surface area contributed by atoms with Gasteiger partial charge in [0.2, 0.25) is 5.91 Å². The second-order valence-corrected chi connectivity index (χ2v) is 7.02. The summed E-state index contributed by atoms with van der Waals surface area (Å²) in [5.74, 6) is -0.179. The highest BCUT2D eigenvalue weighted by Crippen LogP contribution is 2.45. The van der Waals surface area contributed by atoms with Crippen LogP contribution in [0, 0.1) is 11.2 Å². The van der Waals surface area contributed by atoms with Gasteiger partial charge in [0.1, 0.15) is 6.61 Å². The molecule has 134 valence electrons. The summed E-state index contributed by atoms with van der Waals surface area (Å²) in [6, 6.07) is 10.4. The zero-order valence-electron chi connectivity index (χ0n) is 14.5. The average Bonchev–Trinajstić information content (AvgIpc) is 3.27. The molecule has 0 saturated heterocycles. The zero-order chi connectivity index (χ0) is 18.1. The number of amides is 1. The first kappa shape index (κ1) is 16.6. The number of carbonyl (C=O) groups excluding carboxylic acids is 1. The maximum Gasteiger partial charge on any atom is 0.226 e. The molecule has 26 heavy (non-hydrogen) atoms. The Morgan fingerprint density at radius 1 is 1.35 bits per heavy atom. The van der Waals surface area contributed by atoms with Crippen LogP contribution in [-0.2, 0) is 17.9 Å².